The summed E-state index contributed by atoms with van der Waals surface area (Å²) in [5.74, 6) is 0.272. The van der Waals surface area contributed by atoms with Crippen molar-refractivity contribution >= 4 is 23.2 Å². The van der Waals surface area contributed by atoms with Crippen molar-refractivity contribution in [3.63, 3.8) is 0 Å². The van der Waals surface area contributed by atoms with Crippen LogP contribution in [0.15, 0.2) is 42.5 Å². The van der Waals surface area contributed by atoms with E-state index < -0.39 is 11.7 Å². The molecule has 0 aliphatic carbocycles. The Hall–Kier alpha value is -3.14. The molecular weight excluding hydrogens is 385 g/mol. The van der Waals surface area contributed by atoms with Gasteiger partial charge >= 0.3 is 6.18 Å². The van der Waals surface area contributed by atoms with Crippen molar-refractivity contribution in [3.05, 3.63) is 53.7 Å². The van der Waals surface area contributed by atoms with Gasteiger partial charge in [-0.3, -0.25) is 9.69 Å². The van der Waals surface area contributed by atoms with Gasteiger partial charge in [-0.15, -0.1) is 5.10 Å². The molecule has 1 atom stereocenters. The Kier molecular flexibility index (Phi) is 4.87. The number of carbonyl (C=O) groups is 1. The Bertz CT molecular complexity index is 1030. The smallest absolute Gasteiger partial charge is 0.353 e. The van der Waals surface area contributed by atoms with E-state index in [0.29, 0.717) is 24.4 Å². The van der Waals surface area contributed by atoms with Gasteiger partial charge in [0.15, 0.2) is 5.65 Å². The molecule has 1 amide bonds. The van der Waals surface area contributed by atoms with E-state index in [9.17, 15) is 18.0 Å². The molecule has 0 spiro atoms. The van der Waals surface area contributed by atoms with Gasteiger partial charge in [0, 0.05) is 25.3 Å². The van der Waals surface area contributed by atoms with Gasteiger partial charge in [0.2, 0.25) is 11.9 Å². The predicted octanol–water partition coefficient (Wildman–Crippen LogP) is 2.81. The third-order valence-corrected chi connectivity index (χ3v) is 4.90. The quantitative estimate of drug-likeness (QED) is 0.700. The Labute approximate surface area is 164 Å². The molecule has 2 N–H and O–H groups in total. The molecular formula is C19H19F3N6O. The van der Waals surface area contributed by atoms with Gasteiger partial charge in [0.25, 0.3) is 0 Å². The molecule has 29 heavy (non-hydrogen) atoms. The van der Waals surface area contributed by atoms with Crippen LogP contribution in [0.2, 0.25) is 0 Å². The lowest BCUT2D eigenvalue weighted by Gasteiger charge is -2.32. The molecule has 1 fully saturated rings. The molecule has 1 saturated heterocycles. The first-order chi connectivity index (χ1) is 13.8. The molecule has 10 heteroatoms. The van der Waals surface area contributed by atoms with Gasteiger partial charge in [-0.1, -0.05) is 6.07 Å². The zero-order valence-electron chi connectivity index (χ0n) is 15.6. The molecule has 1 unspecified atom stereocenters. The number of carbonyl (C=O) groups excluding carboxylic acids is 1. The topological polar surface area (TPSA) is 74.6 Å². The van der Waals surface area contributed by atoms with Gasteiger partial charge < -0.3 is 10.6 Å². The lowest BCUT2D eigenvalue weighted by atomic mass is 10.2. The minimum atomic E-state index is -4.38. The van der Waals surface area contributed by atoms with Crippen LogP contribution in [-0.2, 0) is 17.5 Å². The fraction of sp³-hybridized carbons (Fsp3) is 0.316. The highest BCUT2D eigenvalue weighted by Crippen LogP contribution is 2.30. The van der Waals surface area contributed by atoms with Crippen molar-refractivity contribution in [2.75, 3.05) is 18.4 Å². The van der Waals surface area contributed by atoms with E-state index in [1.807, 2.05) is 19.1 Å². The molecule has 3 heterocycles. The van der Waals surface area contributed by atoms with Crippen molar-refractivity contribution < 1.29 is 18.0 Å². The summed E-state index contributed by atoms with van der Waals surface area (Å²) in [6.45, 7) is 3.70. The number of hydrogen-bond donors (Lipinski definition) is 2. The van der Waals surface area contributed by atoms with Gasteiger partial charge in [-0.25, -0.2) is 4.52 Å². The largest absolute Gasteiger partial charge is 0.416 e. The summed E-state index contributed by atoms with van der Waals surface area (Å²) in [5.41, 5.74) is 1.20. The van der Waals surface area contributed by atoms with Crippen LogP contribution in [0, 0.1) is 0 Å². The summed E-state index contributed by atoms with van der Waals surface area (Å²) in [4.78, 5) is 18.3. The van der Waals surface area contributed by atoms with E-state index in [2.05, 4.69) is 25.6 Å². The van der Waals surface area contributed by atoms with E-state index in [1.54, 1.807) is 10.6 Å². The molecule has 0 bridgehead atoms. The fourth-order valence-corrected chi connectivity index (χ4v) is 3.26. The maximum absolute atomic E-state index is 12.7. The summed E-state index contributed by atoms with van der Waals surface area (Å²) >= 11 is 0. The maximum atomic E-state index is 12.7. The predicted molar refractivity (Wildman–Crippen MR) is 101 cm³/mol. The van der Waals surface area contributed by atoms with Crippen LogP contribution in [0.25, 0.3) is 5.65 Å². The highest BCUT2D eigenvalue weighted by atomic mass is 19.4. The SMILES string of the molecule is CC1C(=O)NCCN1Cc1cccc2nc(Nc3ccc(C(F)(F)F)cc3)nn12. The van der Waals surface area contributed by atoms with Crippen LogP contribution in [0.5, 0.6) is 0 Å². The Balaban J connectivity index is 1.55. The van der Waals surface area contributed by atoms with Gasteiger partial charge in [-0.05, 0) is 43.3 Å². The van der Waals surface area contributed by atoms with Crippen LogP contribution >= 0.6 is 0 Å². The number of hydrogen-bond acceptors (Lipinski definition) is 5. The fourth-order valence-electron chi connectivity index (χ4n) is 3.26. The number of amides is 1. The zero-order valence-corrected chi connectivity index (χ0v) is 15.6. The Morgan fingerprint density at radius 2 is 1.97 bits per heavy atom. The molecule has 1 aliphatic heterocycles. The Morgan fingerprint density at radius 1 is 1.21 bits per heavy atom. The van der Waals surface area contributed by atoms with E-state index in [0.717, 1.165) is 24.4 Å². The van der Waals surface area contributed by atoms with Crippen molar-refractivity contribution in [2.45, 2.75) is 25.7 Å². The van der Waals surface area contributed by atoms with Crippen LogP contribution in [0.1, 0.15) is 18.2 Å². The first kappa shape index (κ1) is 19.2. The summed E-state index contributed by atoms with van der Waals surface area (Å²) in [6.07, 6.45) is -4.38. The van der Waals surface area contributed by atoms with Gasteiger partial charge in [-0.2, -0.15) is 18.2 Å². The number of piperazine rings is 1. The van der Waals surface area contributed by atoms with E-state index >= 15 is 0 Å². The molecule has 0 radical (unpaired) electrons. The number of rotatable bonds is 4. The average Bonchev–Trinajstić information content (AvgIpc) is 3.08. The lowest BCUT2D eigenvalue weighted by Crippen LogP contribution is -2.53. The molecule has 4 rings (SSSR count). The number of aromatic nitrogens is 3. The normalized spacial score (nSPS) is 18.1. The highest BCUT2D eigenvalue weighted by molar-refractivity contribution is 5.82. The van der Waals surface area contributed by atoms with Crippen molar-refractivity contribution in [2.24, 2.45) is 0 Å². The number of nitrogens with one attached hydrogen (secondary N) is 2. The van der Waals surface area contributed by atoms with Crippen LogP contribution in [-0.4, -0.2) is 44.5 Å². The van der Waals surface area contributed by atoms with Crippen LogP contribution in [0.4, 0.5) is 24.8 Å². The van der Waals surface area contributed by atoms with Gasteiger partial charge in [0.1, 0.15) is 0 Å². The third-order valence-electron chi connectivity index (χ3n) is 4.90. The average molecular weight is 404 g/mol. The standard InChI is InChI=1S/C19H19F3N6O/c1-12-17(29)23-9-10-27(12)11-15-3-2-4-16-25-18(26-28(15)16)24-14-7-5-13(6-8-14)19(20,21)22/h2-8,12H,9-11H2,1H3,(H,23,29)(H,24,26). The Morgan fingerprint density at radius 3 is 2.69 bits per heavy atom. The number of halogens is 3. The molecule has 7 nitrogen and oxygen atoms in total. The summed E-state index contributed by atoms with van der Waals surface area (Å²) < 4.78 is 39.8. The molecule has 152 valence electrons. The van der Waals surface area contributed by atoms with E-state index in [4.69, 9.17) is 0 Å². The second kappa shape index (κ2) is 7.36. The molecule has 2 aromatic heterocycles. The number of nitrogens with zero attached hydrogens (tertiary/aromatic N) is 4. The monoisotopic (exact) mass is 404 g/mol. The summed E-state index contributed by atoms with van der Waals surface area (Å²) in [5, 5.41) is 10.2. The van der Waals surface area contributed by atoms with Gasteiger partial charge in [0.05, 0.1) is 17.3 Å². The number of alkyl halides is 3. The van der Waals surface area contributed by atoms with Crippen molar-refractivity contribution in [1.29, 1.82) is 0 Å². The first-order valence-corrected chi connectivity index (χ1v) is 9.12. The van der Waals surface area contributed by atoms with E-state index in [1.165, 1.54) is 12.1 Å². The number of pyridine rings is 1. The second-order valence-electron chi connectivity index (χ2n) is 6.86. The van der Waals surface area contributed by atoms with Crippen molar-refractivity contribution in [3.8, 4) is 0 Å². The molecule has 0 saturated carbocycles. The van der Waals surface area contributed by atoms with Crippen LogP contribution in [0.3, 0.4) is 0 Å². The number of fused-ring (bicyclic) bond motifs is 1. The van der Waals surface area contributed by atoms with Crippen LogP contribution < -0.4 is 10.6 Å². The molecule has 1 aromatic carbocycles. The highest BCUT2D eigenvalue weighted by Gasteiger charge is 2.30. The van der Waals surface area contributed by atoms with Crippen molar-refractivity contribution in [1.82, 2.24) is 24.8 Å². The summed E-state index contributed by atoms with van der Waals surface area (Å²) in [6, 6.07) is 10.00. The maximum Gasteiger partial charge on any atom is 0.416 e. The lowest BCUT2D eigenvalue weighted by molar-refractivity contribution is -0.137. The minimum absolute atomic E-state index is 0.00771. The zero-order chi connectivity index (χ0) is 20.6. The molecule has 1 aliphatic rings. The van der Waals surface area contributed by atoms with E-state index in [-0.39, 0.29) is 17.9 Å². The first-order valence-electron chi connectivity index (χ1n) is 9.12. The number of anilines is 2. The minimum Gasteiger partial charge on any atom is -0.353 e. The second-order valence-corrected chi connectivity index (χ2v) is 6.86. The summed E-state index contributed by atoms with van der Waals surface area (Å²) in [7, 11) is 0. The molecule has 3 aromatic rings. The number of benzene rings is 1. The third kappa shape index (κ3) is 4.02.